The molecule has 1 unspecified atom stereocenters. The second kappa shape index (κ2) is 24.7. The molecule has 0 radical (unpaired) electrons. The summed E-state index contributed by atoms with van der Waals surface area (Å²) in [5.41, 5.74) is 4.13. The van der Waals surface area contributed by atoms with Crippen molar-refractivity contribution in [1.29, 1.82) is 0 Å². The van der Waals surface area contributed by atoms with Crippen LogP contribution in [0, 0.1) is 0 Å². The zero-order valence-corrected chi connectivity index (χ0v) is 20.7. The Labute approximate surface area is 188 Å². The number of aliphatic hydroxyl groups is 1. The van der Waals surface area contributed by atoms with Gasteiger partial charge in [-0.3, -0.25) is 4.79 Å². The van der Waals surface area contributed by atoms with Gasteiger partial charge in [-0.25, -0.2) is 0 Å². The van der Waals surface area contributed by atoms with E-state index in [1.54, 1.807) is 6.92 Å². The highest BCUT2D eigenvalue weighted by Crippen LogP contribution is 2.14. The Morgan fingerprint density at radius 1 is 0.633 bits per heavy atom. The van der Waals surface area contributed by atoms with Gasteiger partial charge in [0.05, 0.1) is 0 Å². The number of aliphatic carboxylic acids is 1. The summed E-state index contributed by atoms with van der Waals surface area (Å²) >= 11 is 0. The first-order chi connectivity index (χ1) is 14.3. The van der Waals surface area contributed by atoms with Crippen LogP contribution in [0.2, 0.25) is 0 Å². The zero-order valence-electron chi connectivity index (χ0n) is 20.7. The van der Waals surface area contributed by atoms with Crippen LogP contribution in [-0.2, 0) is 4.79 Å². The summed E-state index contributed by atoms with van der Waals surface area (Å²) in [4.78, 5) is 10.4. The third-order valence-electron chi connectivity index (χ3n) is 5.71. The van der Waals surface area contributed by atoms with Crippen molar-refractivity contribution in [2.24, 2.45) is 5.73 Å². The van der Waals surface area contributed by atoms with E-state index in [2.05, 4.69) is 6.92 Å². The van der Waals surface area contributed by atoms with E-state index in [0.29, 0.717) is 12.8 Å². The highest BCUT2D eigenvalue weighted by Gasteiger charge is 2.06. The van der Waals surface area contributed by atoms with Crippen LogP contribution in [0.15, 0.2) is 0 Å². The molecule has 30 heavy (non-hydrogen) atoms. The van der Waals surface area contributed by atoms with E-state index in [4.69, 9.17) is 15.9 Å². The molecule has 0 aromatic rings. The van der Waals surface area contributed by atoms with Gasteiger partial charge >= 0.3 is 5.97 Å². The predicted molar refractivity (Wildman–Crippen MR) is 131 cm³/mol. The Kier molecular flexibility index (Phi) is 26.0. The summed E-state index contributed by atoms with van der Waals surface area (Å²) in [5.74, 6) is -0.651. The predicted octanol–water partition coefficient (Wildman–Crippen LogP) is 7.96. The zero-order chi connectivity index (χ0) is 22.9. The standard InChI is InChI=1S/C22H44O2.C4H11NO/c1-2-3-4-5-6-7-8-9-10-11-12-13-14-15-16-17-18-19-20-21-22(23)24;1-3-4(2,5)6/h2-21H2,1H3,(H,23,24);6H,3,5H2,1-2H3. The first kappa shape index (κ1) is 31.6. The molecule has 0 rings (SSSR count). The van der Waals surface area contributed by atoms with Gasteiger partial charge < -0.3 is 15.9 Å². The third kappa shape index (κ3) is 34.9. The molecule has 0 fully saturated rings. The van der Waals surface area contributed by atoms with E-state index in [9.17, 15) is 4.79 Å². The maximum Gasteiger partial charge on any atom is 0.303 e. The van der Waals surface area contributed by atoms with E-state index < -0.39 is 11.7 Å². The molecule has 182 valence electrons. The molecule has 0 spiro atoms. The van der Waals surface area contributed by atoms with Crippen molar-refractivity contribution < 1.29 is 15.0 Å². The van der Waals surface area contributed by atoms with Gasteiger partial charge in [0.25, 0.3) is 0 Å². The van der Waals surface area contributed by atoms with Crippen LogP contribution >= 0.6 is 0 Å². The minimum Gasteiger partial charge on any atom is -0.481 e. The molecule has 0 heterocycles. The van der Waals surface area contributed by atoms with Crippen molar-refractivity contribution in [1.82, 2.24) is 0 Å². The highest BCUT2D eigenvalue weighted by molar-refractivity contribution is 5.66. The number of hydrogen-bond donors (Lipinski definition) is 3. The molecular formula is C26H55NO3. The lowest BCUT2D eigenvalue weighted by Crippen LogP contribution is -2.34. The van der Waals surface area contributed by atoms with Gasteiger partial charge in [0.1, 0.15) is 5.72 Å². The number of hydrogen-bond acceptors (Lipinski definition) is 3. The van der Waals surface area contributed by atoms with Crippen molar-refractivity contribution >= 4 is 5.97 Å². The fourth-order valence-electron chi connectivity index (χ4n) is 3.35. The normalized spacial score (nSPS) is 12.8. The fraction of sp³-hybridized carbons (Fsp3) is 0.962. The van der Waals surface area contributed by atoms with Crippen LogP contribution in [0.25, 0.3) is 0 Å². The lowest BCUT2D eigenvalue weighted by molar-refractivity contribution is -0.137. The van der Waals surface area contributed by atoms with Crippen molar-refractivity contribution in [3.05, 3.63) is 0 Å². The smallest absolute Gasteiger partial charge is 0.303 e. The first-order valence-corrected chi connectivity index (χ1v) is 13.1. The van der Waals surface area contributed by atoms with E-state index >= 15 is 0 Å². The average molecular weight is 430 g/mol. The van der Waals surface area contributed by atoms with Crippen molar-refractivity contribution in [3.63, 3.8) is 0 Å². The third-order valence-corrected chi connectivity index (χ3v) is 5.71. The summed E-state index contributed by atoms with van der Waals surface area (Å²) < 4.78 is 0. The van der Waals surface area contributed by atoms with Gasteiger partial charge in [-0.05, 0) is 19.8 Å². The van der Waals surface area contributed by atoms with E-state index in [1.165, 1.54) is 109 Å². The highest BCUT2D eigenvalue weighted by atomic mass is 16.4. The van der Waals surface area contributed by atoms with Gasteiger partial charge in [0.2, 0.25) is 0 Å². The Bertz CT molecular complexity index is 340. The van der Waals surface area contributed by atoms with E-state index in [-0.39, 0.29) is 0 Å². The van der Waals surface area contributed by atoms with Crippen LogP contribution in [0.5, 0.6) is 0 Å². The summed E-state index contributed by atoms with van der Waals surface area (Å²) in [7, 11) is 0. The molecule has 4 N–H and O–H groups in total. The van der Waals surface area contributed by atoms with Crippen LogP contribution < -0.4 is 5.73 Å². The molecule has 0 aromatic carbocycles. The largest absolute Gasteiger partial charge is 0.481 e. The second-order valence-electron chi connectivity index (χ2n) is 9.22. The molecule has 0 saturated heterocycles. The summed E-state index contributed by atoms with van der Waals surface area (Å²) in [6, 6.07) is 0. The first-order valence-electron chi connectivity index (χ1n) is 13.1. The van der Waals surface area contributed by atoms with Crippen LogP contribution in [-0.4, -0.2) is 21.9 Å². The average Bonchev–Trinajstić information content (AvgIpc) is 2.69. The Morgan fingerprint density at radius 3 is 1.07 bits per heavy atom. The molecule has 0 bridgehead atoms. The lowest BCUT2D eigenvalue weighted by Gasteiger charge is -2.11. The molecule has 0 aliphatic carbocycles. The number of nitrogens with two attached hydrogens (primary N) is 1. The molecule has 0 aromatic heterocycles. The molecule has 0 aliphatic heterocycles. The summed E-state index contributed by atoms with van der Waals surface area (Å²) in [5, 5.41) is 17.2. The number of carboxylic acids is 1. The van der Waals surface area contributed by atoms with Crippen LogP contribution in [0.4, 0.5) is 0 Å². The topological polar surface area (TPSA) is 83.5 Å². The van der Waals surface area contributed by atoms with Crippen molar-refractivity contribution in [2.45, 2.75) is 161 Å². The van der Waals surface area contributed by atoms with Gasteiger partial charge in [-0.15, -0.1) is 0 Å². The molecule has 4 heteroatoms. The number of rotatable bonds is 21. The van der Waals surface area contributed by atoms with Crippen molar-refractivity contribution in [3.8, 4) is 0 Å². The number of carbonyl (C=O) groups is 1. The number of carboxylic acid groups (broad SMARTS) is 1. The lowest BCUT2D eigenvalue weighted by atomic mass is 10.0. The Balaban J connectivity index is 0. The van der Waals surface area contributed by atoms with Crippen molar-refractivity contribution in [2.75, 3.05) is 0 Å². The molecular weight excluding hydrogens is 374 g/mol. The number of unbranched alkanes of at least 4 members (excludes halogenated alkanes) is 18. The minimum absolute atomic E-state index is 0.346. The van der Waals surface area contributed by atoms with Crippen LogP contribution in [0.3, 0.4) is 0 Å². The minimum atomic E-state index is -0.958. The molecule has 0 amide bonds. The fourth-order valence-corrected chi connectivity index (χ4v) is 3.35. The monoisotopic (exact) mass is 429 g/mol. The van der Waals surface area contributed by atoms with Gasteiger partial charge in [-0.2, -0.15) is 0 Å². The maximum atomic E-state index is 10.4. The molecule has 0 aliphatic rings. The molecule has 0 saturated carbocycles. The molecule has 4 nitrogen and oxygen atoms in total. The summed E-state index contributed by atoms with van der Waals surface area (Å²) in [6.45, 7) is 5.69. The maximum absolute atomic E-state index is 10.4. The quantitative estimate of drug-likeness (QED) is 0.128. The second-order valence-corrected chi connectivity index (χ2v) is 9.22. The Hall–Kier alpha value is -0.610. The van der Waals surface area contributed by atoms with Crippen LogP contribution in [0.1, 0.15) is 156 Å². The van der Waals surface area contributed by atoms with Gasteiger partial charge in [0.15, 0.2) is 0 Å². The van der Waals surface area contributed by atoms with Gasteiger partial charge in [-0.1, -0.05) is 129 Å². The molecule has 1 atom stereocenters. The van der Waals surface area contributed by atoms with E-state index in [0.717, 1.165) is 12.8 Å². The Morgan fingerprint density at radius 2 is 0.867 bits per heavy atom. The van der Waals surface area contributed by atoms with Gasteiger partial charge in [0, 0.05) is 6.42 Å². The SMILES string of the molecule is CCC(C)(N)O.CCCCCCCCCCCCCCCCCCCCCC(=O)O. The summed E-state index contributed by atoms with van der Waals surface area (Å²) in [6.07, 6.45) is 26.7. The van der Waals surface area contributed by atoms with E-state index in [1.807, 2.05) is 6.92 Å².